The molecule has 3 aliphatic rings. The number of rotatable bonds is 17. The van der Waals surface area contributed by atoms with Crippen molar-refractivity contribution in [3.8, 4) is 5.69 Å². The Labute approximate surface area is 445 Å². The molecule has 2 aromatic heterocycles. The van der Waals surface area contributed by atoms with Gasteiger partial charge in [0.15, 0.2) is 6.29 Å². The molecule has 0 saturated carbocycles. The van der Waals surface area contributed by atoms with E-state index in [4.69, 9.17) is 28.4 Å². The fraction of sp³-hybridized carbons (Fsp3) is 0.800. The lowest BCUT2D eigenvalue weighted by Crippen LogP contribution is -2.62. The van der Waals surface area contributed by atoms with Crippen LogP contribution in [0.25, 0.3) is 5.69 Å². The summed E-state index contributed by atoms with van der Waals surface area (Å²) in [5, 5.41) is 77.4. The number of ether oxygens (including phenoxy) is 6. The molecule has 5 heterocycles. The summed E-state index contributed by atoms with van der Waals surface area (Å²) < 4.78 is 41.1. The normalized spacial score (nSPS) is 38.0. The highest BCUT2D eigenvalue weighted by Crippen LogP contribution is 2.45. The monoisotopic (exact) mass is 1060 g/mol. The molecule has 3 saturated heterocycles. The average molecular weight is 1060 g/mol. The summed E-state index contributed by atoms with van der Waals surface area (Å²) in [4.78, 5) is 18.7. The molecule has 0 amide bonds. The van der Waals surface area contributed by atoms with Crippen molar-refractivity contribution in [2.75, 3.05) is 41.4 Å². The van der Waals surface area contributed by atoms with Crippen LogP contribution in [0, 0.1) is 23.7 Å². The fourth-order valence-electron chi connectivity index (χ4n) is 12.3. The number of methoxy groups -OCH3 is 2. The Hall–Kier alpha value is -3.51. The van der Waals surface area contributed by atoms with E-state index >= 15 is 0 Å². The number of hydrogen-bond donors (Lipinski definition) is 5. The summed E-state index contributed by atoms with van der Waals surface area (Å²) in [7, 11) is 7.00. The van der Waals surface area contributed by atoms with E-state index in [1.54, 1.807) is 39.5 Å². The lowest BCUT2D eigenvalue weighted by molar-refractivity contribution is -0.302. The maximum absolute atomic E-state index is 14.6. The number of benzene rings is 1. The lowest BCUT2D eigenvalue weighted by Gasteiger charge is -2.51. The summed E-state index contributed by atoms with van der Waals surface area (Å²) in [5.41, 5.74) is -0.641. The van der Waals surface area contributed by atoms with E-state index < -0.39 is 95.6 Å². The summed E-state index contributed by atoms with van der Waals surface area (Å²) in [6.45, 7) is 20.2. The first kappa shape index (κ1) is 60.7. The number of carbonyl (C=O) groups excluding carboxylic acids is 1. The molecule has 3 aliphatic heterocycles. The molecule has 0 aliphatic carbocycles. The Morgan fingerprint density at radius 3 is 2.24 bits per heavy atom. The van der Waals surface area contributed by atoms with Crippen LogP contribution in [0.3, 0.4) is 0 Å². The van der Waals surface area contributed by atoms with Gasteiger partial charge >= 0.3 is 5.97 Å². The van der Waals surface area contributed by atoms with Crippen molar-refractivity contribution >= 4 is 5.97 Å². The quantitative estimate of drug-likeness (QED) is 0.0943. The van der Waals surface area contributed by atoms with Crippen LogP contribution < -0.4 is 0 Å². The van der Waals surface area contributed by atoms with E-state index in [9.17, 15) is 30.3 Å². The van der Waals surface area contributed by atoms with Gasteiger partial charge in [0.1, 0.15) is 35.7 Å². The van der Waals surface area contributed by atoms with Crippen LogP contribution in [0.2, 0.25) is 0 Å². The van der Waals surface area contributed by atoms with Gasteiger partial charge in [-0.25, -0.2) is 4.68 Å². The van der Waals surface area contributed by atoms with Gasteiger partial charge in [0.05, 0.1) is 65.7 Å². The largest absolute Gasteiger partial charge is 0.459 e. The van der Waals surface area contributed by atoms with E-state index in [0.717, 1.165) is 42.9 Å². The topological polar surface area (TPSA) is 241 Å². The zero-order valence-corrected chi connectivity index (χ0v) is 47.3. The van der Waals surface area contributed by atoms with Gasteiger partial charge in [-0.15, -0.1) is 10.2 Å². The first-order valence-electron chi connectivity index (χ1n) is 27.3. The number of aliphatic hydroxyl groups excluding tert-OH is 3. The summed E-state index contributed by atoms with van der Waals surface area (Å²) in [5.74, 6) is -3.10. The summed E-state index contributed by atoms with van der Waals surface area (Å²) >= 11 is 0. The predicted octanol–water partition coefficient (Wildman–Crippen LogP) is 4.13. The smallest absolute Gasteiger partial charge is 0.309 e. The van der Waals surface area contributed by atoms with Crippen molar-refractivity contribution in [1.82, 2.24) is 39.8 Å². The van der Waals surface area contributed by atoms with Crippen LogP contribution in [-0.2, 0) is 59.2 Å². The third-order valence-corrected chi connectivity index (χ3v) is 16.9. The molecule has 424 valence electrons. The molecule has 3 aromatic rings. The molecule has 3 fully saturated rings. The highest BCUT2D eigenvalue weighted by Gasteiger charge is 2.55. The Balaban J connectivity index is 1.17. The number of hydrogen-bond acceptors (Lipinski definition) is 18. The average Bonchev–Trinajstić information content (AvgIpc) is 4.04. The van der Waals surface area contributed by atoms with Crippen LogP contribution >= 0.6 is 0 Å². The Morgan fingerprint density at radius 1 is 0.880 bits per heavy atom. The SMILES string of the molecule is CC[C@H]1OC(=O)[C@H](C)[C@@H](C2C[C@@](C)(OC)[C@@H](O)[C@H](C)O2)[C@H](C)[C@@H](O[C@@H]2O[C@H](C)C[C@H](N(C)CCc3cn(CCCCc4ccc(-n5cc(COC)nn5)cc4)nn3)[C@H]2O)[C@](C)(O)C[C@@H](C)CN(C)[C@H](C)[C@@H](O)[C@]1(C)O. The number of aromatic nitrogens is 6. The van der Waals surface area contributed by atoms with Crippen LogP contribution in [0.15, 0.2) is 36.7 Å². The van der Waals surface area contributed by atoms with E-state index in [-0.39, 0.29) is 37.3 Å². The van der Waals surface area contributed by atoms with Crippen molar-refractivity contribution in [3.63, 3.8) is 0 Å². The van der Waals surface area contributed by atoms with Crippen molar-refractivity contribution in [2.24, 2.45) is 23.7 Å². The molecule has 20 nitrogen and oxygen atoms in total. The van der Waals surface area contributed by atoms with E-state index in [1.807, 2.05) is 82.8 Å². The van der Waals surface area contributed by atoms with Gasteiger partial charge in [0.25, 0.3) is 0 Å². The molecule has 1 unspecified atom stereocenters. The number of cyclic esters (lactones) is 1. The minimum Gasteiger partial charge on any atom is -0.459 e. The van der Waals surface area contributed by atoms with Gasteiger partial charge in [-0.2, -0.15) is 0 Å². The van der Waals surface area contributed by atoms with Crippen molar-refractivity contribution in [1.29, 1.82) is 0 Å². The van der Waals surface area contributed by atoms with Crippen LogP contribution in [0.5, 0.6) is 0 Å². The number of unbranched alkanes of at least 4 members (excludes halogenated alkanes) is 1. The standard InChI is InChI=1S/C55H92N8O12/c1-15-45-55(10,69)48(65)37(6)61(12)29-33(2)27-53(8,68)50(35(4)46(36(5)51(67)74-45)44-28-54(9,71-14)49(66)38(7)73-44)75-52-47(64)43(26-34(3)72-52)60(11)25-23-40-30-62(58-56-40)24-17-16-18-39-19-21-42(22-20-39)63-31-41(32-70-13)57-59-63/h19-22,30-31,33-38,43-50,52,64-66,68-69H,15-18,23-29,32H2,1-14H3/t33-,34-,35+,36-,37-,38+,43+,44?,45-,46+,47-,48-,49+,50-,52+,53-,54-,55-/m1/s1. The van der Waals surface area contributed by atoms with Crippen molar-refractivity contribution in [3.05, 3.63) is 53.6 Å². The number of likely N-dealkylation sites (N-methyl/N-ethyl adjacent to an activating group) is 2. The third-order valence-electron chi connectivity index (χ3n) is 16.9. The fourth-order valence-corrected chi connectivity index (χ4v) is 12.3. The van der Waals surface area contributed by atoms with Crippen molar-refractivity contribution < 1.29 is 58.7 Å². The van der Waals surface area contributed by atoms with E-state index in [0.29, 0.717) is 32.5 Å². The lowest BCUT2D eigenvalue weighted by atomic mass is 9.68. The van der Waals surface area contributed by atoms with Crippen LogP contribution in [0.1, 0.15) is 125 Å². The van der Waals surface area contributed by atoms with E-state index in [1.165, 1.54) is 19.6 Å². The highest BCUT2D eigenvalue weighted by atomic mass is 16.7. The van der Waals surface area contributed by atoms with Crippen LogP contribution in [0.4, 0.5) is 0 Å². The maximum atomic E-state index is 14.6. The molecule has 6 rings (SSSR count). The van der Waals surface area contributed by atoms with Crippen LogP contribution in [-0.4, -0.2) is 197 Å². The Morgan fingerprint density at radius 2 is 1.57 bits per heavy atom. The number of esters is 1. The van der Waals surface area contributed by atoms with Gasteiger partial charge in [-0.05, 0) is 124 Å². The second kappa shape index (κ2) is 26.0. The van der Waals surface area contributed by atoms with Gasteiger partial charge in [-0.3, -0.25) is 9.48 Å². The number of aliphatic hydroxyl groups is 5. The Bertz CT molecular complexity index is 2230. The molecular formula is C55H92N8O12. The molecule has 5 N–H and O–H groups in total. The summed E-state index contributed by atoms with van der Waals surface area (Å²) in [6.07, 6.45) is 0.0633. The molecular weight excluding hydrogens is 965 g/mol. The molecule has 0 bridgehead atoms. The number of aryl methyl sites for hydroxylation is 2. The third kappa shape index (κ3) is 14.6. The van der Waals surface area contributed by atoms with Gasteiger partial charge in [0, 0.05) is 70.9 Å². The molecule has 20 heteroatoms. The number of nitrogens with zero attached hydrogens (tertiary/aromatic N) is 8. The second-order valence-electron chi connectivity index (χ2n) is 23.2. The minimum atomic E-state index is -1.81. The van der Waals surface area contributed by atoms with Gasteiger partial charge < -0.3 is 63.8 Å². The number of carbonyl (C=O) groups is 1. The minimum absolute atomic E-state index is 0.166. The first-order valence-corrected chi connectivity index (χ1v) is 27.3. The van der Waals surface area contributed by atoms with Gasteiger partial charge in [0.2, 0.25) is 0 Å². The molecule has 1 aromatic carbocycles. The first-order chi connectivity index (χ1) is 35.3. The maximum Gasteiger partial charge on any atom is 0.309 e. The zero-order valence-electron chi connectivity index (χ0n) is 47.3. The Kier molecular flexibility index (Phi) is 21.0. The highest BCUT2D eigenvalue weighted by molar-refractivity contribution is 5.73. The molecule has 18 atom stereocenters. The van der Waals surface area contributed by atoms with Gasteiger partial charge in [-0.1, -0.05) is 50.3 Å². The zero-order chi connectivity index (χ0) is 55.2. The molecule has 75 heavy (non-hydrogen) atoms. The second-order valence-corrected chi connectivity index (χ2v) is 23.2. The summed E-state index contributed by atoms with van der Waals surface area (Å²) in [6, 6.07) is 7.39. The van der Waals surface area contributed by atoms with Crippen molar-refractivity contribution in [2.45, 2.75) is 218 Å². The van der Waals surface area contributed by atoms with E-state index in [2.05, 4.69) is 37.7 Å². The predicted molar refractivity (Wildman–Crippen MR) is 280 cm³/mol. The molecule has 0 radical (unpaired) electrons. The molecule has 0 spiro atoms.